The average Bonchev–Trinajstić information content (AvgIpc) is 1.82. The Balaban J connectivity index is 3.46. The van der Waals surface area contributed by atoms with Gasteiger partial charge in [-0.05, 0) is 13.0 Å². The highest BCUT2D eigenvalue weighted by molar-refractivity contribution is 6.29. The van der Waals surface area contributed by atoms with Crippen LogP contribution in [0.25, 0.3) is 0 Å². The zero-order valence-electron chi connectivity index (χ0n) is 5.44. The largest absolute Gasteiger partial charge is 0.398 e. The van der Waals surface area contributed by atoms with Crippen molar-refractivity contribution in [3.63, 3.8) is 0 Å². The van der Waals surface area contributed by atoms with Gasteiger partial charge in [-0.2, -0.15) is 0 Å². The van der Waals surface area contributed by atoms with E-state index in [4.69, 9.17) is 17.3 Å². The lowest BCUT2D eigenvalue weighted by Crippen LogP contribution is -2.11. The summed E-state index contributed by atoms with van der Waals surface area (Å²) in [5, 5.41) is 0.271. The van der Waals surface area contributed by atoms with E-state index in [-0.39, 0.29) is 10.7 Å². The van der Waals surface area contributed by atoms with Crippen molar-refractivity contribution in [2.24, 2.45) is 0 Å². The fourth-order valence-electron chi connectivity index (χ4n) is 0.614. The van der Waals surface area contributed by atoms with Gasteiger partial charge in [0.25, 0.3) is 5.56 Å². The topological polar surface area (TPSA) is 58.9 Å². The molecule has 3 nitrogen and oxygen atoms in total. The Bertz CT molecular complexity index is 305. The number of aromatic nitrogens is 1. The van der Waals surface area contributed by atoms with E-state index < -0.39 is 0 Å². The molecule has 1 rings (SSSR count). The molecule has 0 saturated carbocycles. The van der Waals surface area contributed by atoms with E-state index in [1.807, 2.05) is 0 Å². The van der Waals surface area contributed by atoms with E-state index in [0.717, 1.165) is 0 Å². The number of H-pyrrole nitrogens is 1. The molecule has 10 heavy (non-hydrogen) atoms. The summed E-state index contributed by atoms with van der Waals surface area (Å²) in [5.41, 5.74) is 6.11. The number of hydrogen-bond acceptors (Lipinski definition) is 2. The average molecular weight is 159 g/mol. The second kappa shape index (κ2) is 2.34. The Labute approximate surface area is 62.8 Å². The quantitative estimate of drug-likeness (QED) is 0.552. The number of halogens is 1. The maximum atomic E-state index is 10.8. The molecule has 0 aliphatic carbocycles. The number of hydrogen-bond donors (Lipinski definition) is 2. The Morgan fingerprint density at radius 3 is 2.80 bits per heavy atom. The highest BCUT2D eigenvalue weighted by atomic mass is 35.5. The lowest BCUT2D eigenvalue weighted by atomic mass is 10.3. The van der Waals surface area contributed by atoms with Gasteiger partial charge in [-0.1, -0.05) is 11.6 Å². The predicted octanol–water partition coefficient (Wildman–Crippen LogP) is 0.919. The first kappa shape index (κ1) is 7.15. The van der Waals surface area contributed by atoms with Gasteiger partial charge in [0.2, 0.25) is 0 Å². The first-order chi connectivity index (χ1) is 4.61. The van der Waals surface area contributed by atoms with Gasteiger partial charge >= 0.3 is 0 Å². The van der Waals surface area contributed by atoms with Crippen LogP contribution in [0.5, 0.6) is 0 Å². The maximum absolute atomic E-state index is 10.8. The van der Waals surface area contributed by atoms with Crippen molar-refractivity contribution in [2.75, 3.05) is 5.73 Å². The van der Waals surface area contributed by atoms with Crippen molar-refractivity contribution in [1.82, 2.24) is 4.98 Å². The van der Waals surface area contributed by atoms with Gasteiger partial charge in [0, 0.05) is 11.3 Å². The third-order valence-electron chi connectivity index (χ3n) is 1.29. The molecule has 0 aliphatic rings. The van der Waals surface area contributed by atoms with Crippen LogP contribution in [0.1, 0.15) is 5.56 Å². The van der Waals surface area contributed by atoms with Crippen molar-refractivity contribution in [3.05, 3.63) is 27.1 Å². The smallest absolute Gasteiger partial charge is 0.254 e. The van der Waals surface area contributed by atoms with E-state index >= 15 is 0 Å². The molecule has 0 aromatic carbocycles. The number of pyridine rings is 1. The van der Waals surface area contributed by atoms with Gasteiger partial charge in [-0.3, -0.25) is 4.79 Å². The molecule has 0 amide bonds. The Morgan fingerprint density at radius 2 is 2.30 bits per heavy atom. The molecule has 4 heteroatoms. The summed E-state index contributed by atoms with van der Waals surface area (Å²) in [4.78, 5) is 13.2. The highest BCUT2D eigenvalue weighted by Gasteiger charge is 1.98. The minimum Gasteiger partial charge on any atom is -0.398 e. The van der Waals surface area contributed by atoms with Crippen LogP contribution in [0.15, 0.2) is 10.9 Å². The van der Waals surface area contributed by atoms with Crippen LogP contribution in [0, 0.1) is 6.92 Å². The normalized spacial score (nSPS) is 9.80. The number of rotatable bonds is 0. The summed E-state index contributed by atoms with van der Waals surface area (Å²) >= 11 is 5.49. The van der Waals surface area contributed by atoms with Crippen molar-refractivity contribution >= 4 is 17.3 Å². The third kappa shape index (κ3) is 1.14. The molecule has 3 N–H and O–H groups in total. The number of nitrogens with one attached hydrogen (secondary N) is 1. The van der Waals surface area contributed by atoms with E-state index in [1.165, 1.54) is 6.07 Å². The van der Waals surface area contributed by atoms with Crippen molar-refractivity contribution < 1.29 is 0 Å². The summed E-state index contributed by atoms with van der Waals surface area (Å²) in [6, 6.07) is 1.51. The number of aromatic amines is 1. The van der Waals surface area contributed by atoms with Crippen LogP contribution in [0.4, 0.5) is 5.69 Å². The predicted molar refractivity (Wildman–Crippen MR) is 41.2 cm³/mol. The fourth-order valence-corrected chi connectivity index (χ4v) is 0.818. The molecule has 0 atom stereocenters. The summed E-state index contributed by atoms with van der Waals surface area (Å²) in [6.45, 7) is 1.64. The van der Waals surface area contributed by atoms with Crippen LogP contribution in [0.2, 0.25) is 5.15 Å². The molecule has 1 aromatic rings. The summed E-state index contributed by atoms with van der Waals surface area (Å²) in [5.74, 6) is 0. The third-order valence-corrected chi connectivity index (χ3v) is 1.49. The molecule has 1 heterocycles. The van der Waals surface area contributed by atoms with E-state index in [9.17, 15) is 4.79 Å². The Morgan fingerprint density at radius 1 is 1.70 bits per heavy atom. The Hall–Kier alpha value is -0.960. The van der Waals surface area contributed by atoms with Gasteiger partial charge < -0.3 is 10.7 Å². The highest BCUT2D eigenvalue weighted by Crippen LogP contribution is 2.09. The van der Waals surface area contributed by atoms with Crippen molar-refractivity contribution in [2.45, 2.75) is 6.92 Å². The van der Waals surface area contributed by atoms with Gasteiger partial charge in [0.1, 0.15) is 5.15 Å². The maximum Gasteiger partial charge on any atom is 0.254 e. The van der Waals surface area contributed by atoms with Gasteiger partial charge in [0.15, 0.2) is 0 Å². The lowest BCUT2D eigenvalue weighted by Gasteiger charge is -1.96. The molecular weight excluding hydrogens is 152 g/mol. The van der Waals surface area contributed by atoms with E-state index in [0.29, 0.717) is 11.3 Å². The monoisotopic (exact) mass is 158 g/mol. The molecular formula is C6H7ClN2O. The van der Waals surface area contributed by atoms with Crippen LogP contribution in [0.3, 0.4) is 0 Å². The molecule has 0 aliphatic heterocycles. The number of anilines is 1. The fraction of sp³-hybridized carbons (Fsp3) is 0.167. The first-order valence-electron chi connectivity index (χ1n) is 2.76. The molecule has 1 aromatic heterocycles. The molecule has 0 bridgehead atoms. The van der Waals surface area contributed by atoms with Gasteiger partial charge in [0.05, 0.1) is 0 Å². The second-order valence-electron chi connectivity index (χ2n) is 2.03. The van der Waals surface area contributed by atoms with E-state index in [2.05, 4.69) is 4.98 Å². The second-order valence-corrected chi connectivity index (χ2v) is 2.43. The zero-order chi connectivity index (χ0) is 7.72. The summed E-state index contributed by atoms with van der Waals surface area (Å²) < 4.78 is 0. The van der Waals surface area contributed by atoms with Crippen LogP contribution < -0.4 is 11.3 Å². The minimum absolute atomic E-state index is 0.231. The van der Waals surface area contributed by atoms with Crippen molar-refractivity contribution in [3.8, 4) is 0 Å². The first-order valence-corrected chi connectivity index (χ1v) is 3.14. The molecule has 0 radical (unpaired) electrons. The molecule has 0 fully saturated rings. The molecule has 0 unspecified atom stereocenters. The van der Waals surface area contributed by atoms with Crippen molar-refractivity contribution in [1.29, 1.82) is 0 Å². The lowest BCUT2D eigenvalue weighted by molar-refractivity contribution is 1.19. The zero-order valence-corrected chi connectivity index (χ0v) is 6.20. The summed E-state index contributed by atoms with van der Waals surface area (Å²) in [6.07, 6.45) is 0. The number of nitrogen functional groups attached to an aromatic ring is 1. The van der Waals surface area contributed by atoms with Gasteiger partial charge in [-0.25, -0.2) is 0 Å². The SMILES string of the molecule is Cc1c(N)cc(Cl)[nH]c1=O. The molecule has 0 saturated heterocycles. The standard InChI is InChI=1S/C6H7ClN2O/c1-3-4(8)2-5(7)9-6(3)10/h2H,1H3,(H3,8,9,10). The van der Waals surface area contributed by atoms with E-state index in [1.54, 1.807) is 6.92 Å². The molecule has 54 valence electrons. The Kier molecular flexibility index (Phi) is 1.68. The van der Waals surface area contributed by atoms with Crippen LogP contribution in [-0.4, -0.2) is 4.98 Å². The summed E-state index contributed by atoms with van der Waals surface area (Å²) in [7, 11) is 0. The van der Waals surface area contributed by atoms with Crippen LogP contribution >= 0.6 is 11.6 Å². The number of nitrogens with two attached hydrogens (primary N) is 1. The van der Waals surface area contributed by atoms with Gasteiger partial charge in [-0.15, -0.1) is 0 Å². The minimum atomic E-state index is -0.231. The molecule has 0 spiro atoms. The van der Waals surface area contributed by atoms with Crippen LogP contribution in [-0.2, 0) is 0 Å².